The Morgan fingerprint density at radius 2 is 2.00 bits per heavy atom. The minimum atomic E-state index is -0.0668. The van der Waals surface area contributed by atoms with Crippen molar-refractivity contribution in [2.24, 2.45) is 0 Å². The van der Waals surface area contributed by atoms with Crippen LogP contribution in [0.5, 0.6) is 0 Å². The average Bonchev–Trinajstić information content (AvgIpc) is 2.52. The maximum absolute atomic E-state index is 12.6. The lowest BCUT2D eigenvalue weighted by molar-refractivity contribution is 0.0993. The van der Waals surface area contributed by atoms with E-state index in [2.05, 4.69) is 17.2 Å². The summed E-state index contributed by atoms with van der Waals surface area (Å²) in [6, 6.07) is 11.4. The first kappa shape index (κ1) is 14.1. The Balaban J connectivity index is 2.25. The van der Waals surface area contributed by atoms with Crippen molar-refractivity contribution in [1.82, 2.24) is 4.98 Å². The van der Waals surface area contributed by atoms with Crippen LogP contribution >= 0.6 is 0 Å². The Morgan fingerprint density at radius 3 is 2.70 bits per heavy atom. The van der Waals surface area contributed by atoms with Gasteiger partial charge in [0.25, 0.3) is 5.91 Å². The number of rotatable bonds is 5. The molecule has 1 aromatic heterocycles. The number of amides is 1. The fraction of sp³-hybridized carbons (Fsp3) is 0.250. The Kier molecular flexibility index (Phi) is 4.71. The lowest BCUT2D eigenvalue weighted by Gasteiger charge is -2.19. The summed E-state index contributed by atoms with van der Waals surface area (Å²) in [5, 5.41) is 3.26. The SMILES string of the molecule is CCCNc1ccncc1C(=O)N(C)c1ccccc1. The molecule has 104 valence electrons. The molecule has 1 amide bonds. The number of aromatic nitrogens is 1. The van der Waals surface area contributed by atoms with Crippen molar-refractivity contribution in [1.29, 1.82) is 0 Å². The predicted molar refractivity (Wildman–Crippen MR) is 82.2 cm³/mol. The van der Waals surface area contributed by atoms with Crippen molar-refractivity contribution in [3.63, 3.8) is 0 Å². The first-order valence-corrected chi connectivity index (χ1v) is 6.75. The Morgan fingerprint density at radius 1 is 1.25 bits per heavy atom. The molecule has 1 heterocycles. The molecule has 2 aromatic rings. The van der Waals surface area contributed by atoms with Gasteiger partial charge in [0.1, 0.15) is 0 Å². The molecule has 0 fully saturated rings. The molecular weight excluding hydrogens is 250 g/mol. The second-order valence-corrected chi connectivity index (χ2v) is 4.55. The van der Waals surface area contributed by atoms with E-state index < -0.39 is 0 Å². The number of nitrogens with one attached hydrogen (secondary N) is 1. The third kappa shape index (κ3) is 3.15. The highest BCUT2D eigenvalue weighted by Crippen LogP contribution is 2.19. The zero-order valence-electron chi connectivity index (χ0n) is 11.8. The number of carbonyl (C=O) groups is 1. The second-order valence-electron chi connectivity index (χ2n) is 4.55. The summed E-state index contributed by atoms with van der Waals surface area (Å²) >= 11 is 0. The fourth-order valence-corrected chi connectivity index (χ4v) is 1.93. The Labute approximate surface area is 119 Å². The molecule has 0 aliphatic heterocycles. The van der Waals surface area contributed by atoms with Gasteiger partial charge >= 0.3 is 0 Å². The van der Waals surface area contributed by atoms with E-state index in [-0.39, 0.29) is 5.91 Å². The molecular formula is C16H19N3O. The molecule has 4 nitrogen and oxygen atoms in total. The van der Waals surface area contributed by atoms with Crippen LogP contribution in [0.15, 0.2) is 48.8 Å². The van der Waals surface area contributed by atoms with Gasteiger partial charge in [-0.05, 0) is 24.6 Å². The van der Waals surface area contributed by atoms with Crippen LogP contribution in [-0.2, 0) is 0 Å². The molecule has 20 heavy (non-hydrogen) atoms. The lowest BCUT2D eigenvalue weighted by Crippen LogP contribution is -2.27. The zero-order chi connectivity index (χ0) is 14.4. The number of hydrogen-bond donors (Lipinski definition) is 1. The summed E-state index contributed by atoms with van der Waals surface area (Å²) in [6.07, 6.45) is 4.31. The summed E-state index contributed by atoms with van der Waals surface area (Å²) in [7, 11) is 1.77. The fourth-order valence-electron chi connectivity index (χ4n) is 1.93. The molecule has 4 heteroatoms. The van der Waals surface area contributed by atoms with Crippen LogP contribution < -0.4 is 10.2 Å². The third-order valence-corrected chi connectivity index (χ3v) is 3.07. The van der Waals surface area contributed by atoms with Crippen LogP contribution in [0, 0.1) is 0 Å². The topological polar surface area (TPSA) is 45.2 Å². The molecule has 0 aliphatic rings. The first-order chi connectivity index (χ1) is 9.74. The number of carbonyl (C=O) groups excluding carboxylic acids is 1. The van der Waals surface area contributed by atoms with Crippen LogP contribution in [-0.4, -0.2) is 24.5 Å². The molecule has 2 rings (SSSR count). The van der Waals surface area contributed by atoms with E-state index in [0.29, 0.717) is 5.56 Å². The number of benzene rings is 1. The number of para-hydroxylation sites is 1. The maximum Gasteiger partial charge on any atom is 0.261 e. The Hall–Kier alpha value is -2.36. The van der Waals surface area contributed by atoms with Crippen LogP contribution in [0.4, 0.5) is 11.4 Å². The zero-order valence-corrected chi connectivity index (χ0v) is 11.8. The van der Waals surface area contributed by atoms with Gasteiger partial charge in [0, 0.05) is 31.7 Å². The number of pyridine rings is 1. The average molecular weight is 269 g/mol. The molecule has 0 spiro atoms. The molecule has 0 unspecified atom stereocenters. The highest BCUT2D eigenvalue weighted by molar-refractivity contribution is 6.09. The number of anilines is 2. The highest BCUT2D eigenvalue weighted by atomic mass is 16.2. The van der Waals surface area contributed by atoms with Gasteiger partial charge in [-0.3, -0.25) is 9.78 Å². The van der Waals surface area contributed by atoms with Gasteiger partial charge in [-0.25, -0.2) is 0 Å². The van der Waals surface area contributed by atoms with E-state index in [1.807, 2.05) is 36.4 Å². The smallest absolute Gasteiger partial charge is 0.261 e. The van der Waals surface area contributed by atoms with E-state index in [1.54, 1.807) is 24.3 Å². The van der Waals surface area contributed by atoms with Gasteiger partial charge < -0.3 is 10.2 Å². The van der Waals surface area contributed by atoms with Crippen molar-refractivity contribution < 1.29 is 4.79 Å². The van der Waals surface area contributed by atoms with Gasteiger partial charge in [-0.1, -0.05) is 25.1 Å². The minimum absolute atomic E-state index is 0.0668. The van der Waals surface area contributed by atoms with Crippen LogP contribution in [0.1, 0.15) is 23.7 Å². The minimum Gasteiger partial charge on any atom is -0.384 e. The van der Waals surface area contributed by atoms with Crippen LogP contribution in [0.25, 0.3) is 0 Å². The van der Waals surface area contributed by atoms with Crippen molar-refractivity contribution in [3.8, 4) is 0 Å². The summed E-state index contributed by atoms with van der Waals surface area (Å²) in [4.78, 5) is 18.3. The molecule has 0 atom stereocenters. The van der Waals surface area contributed by atoms with E-state index in [9.17, 15) is 4.79 Å². The molecule has 0 bridgehead atoms. The van der Waals surface area contributed by atoms with E-state index in [1.165, 1.54) is 0 Å². The molecule has 0 saturated carbocycles. The molecule has 1 N–H and O–H groups in total. The van der Waals surface area contributed by atoms with Gasteiger partial charge in [0.05, 0.1) is 11.3 Å². The van der Waals surface area contributed by atoms with Crippen molar-refractivity contribution >= 4 is 17.3 Å². The molecule has 1 aromatic carbocycles. The number of nitrogens with zero attached hydrogens (tertiary/aromatic N) is 2. The van der Waals surface area contributed by atoms with Gasteiger partial charge in [0.2, 0.25) is 0 Å². The van der Waals surface area contributed by atoms with Crippen molar-refractivity contribution in [2.75, 3.05) is 23.8 Å². The summed E-state index contributed by atoms with van der Waals surface area (Å²) in [5.74, 6) is -0.0668. The molecule has 0 radical (unpaired) electrons. The molecule has 0 saturated heterocycles. The van der Waals surface area contributed by atoms with E-state index in [4.69, 9.17) is 0 Å². The first-order valence-electron chi connectivity index (χ1n) is 6.75. The lowest BCUT2D eigenvalue weighted by atomic mass is 10.2. The highest BCUT2D eigenvalue weighted by Gasteiger charge is 2.16. The monoisotopic (exact) mass is 269 g/mol. The van der Waals surface area contributed by atoms with Crippen molar-refractivity contribution in [2.45, 2.75) is 13.3 Å². The second kappa shape index (κ2) is 6.70. The van der Waals surface area contributed by atoms with E-state index >= 15 is 0 Å². The largest absolute Gasteiger partial charge is 0.384 e. The standard InChI is InChI=1S/C16H19N3O/c1-3-10-18-15-9-11-17-12-14(15)16(20)19(2)13-7-5-4-6-8-13/h4-9,11-12H,3,10H2,1-2H3,(H,17,18). The Bertz CT molecular complexity index is 569. The van der Waals surface area contributed by atoms with Gasteiger partial charge in [-0.2, -0.15) is 0 Å². The summed E-state index contributed by atoms with van der Waals surface area (Å²) in [6.45, 7) is 2.92. The van der Waals surface area contributed by atoms with Gasteiger partial charge in [-0.15, -0.1) is 0 Å². The maximum atomic E-state index is 12.6. The summed E-state index contributed by atoms with van der Waals surface area (Å²) in [5.41, 5.74) is 2.28. The van der Waals surface area contributed by atoms with Crippen LogP contribution in [0.2, 0.25) is 0 Å². The predicted octanol–water partition coefficient (Wildman–Crippen LogP) is 3.18. The quantitative estimate of drug-likeness (QED) is 0.906. The van der Waals surface area contributed by atoms with Crippen LogP contribution in [0.3, 0.4) is 0 Å². The van der Waals surface area contributed by atoms with Crippen molar-refractivity contribution in [3.05, 3.63) is 54.4 Å². The number of hydrogen-bond acceptors (Lipinski definition) is 3. The van der Waals surface area contributed by atoms with Gasteiger partial charge in [0.15, 0.2) is 0 Å². The normalized spacial score (nSPS) is 10.1. The van der Waals surface area contributed by atoms with E-state index in [0.717, 1.165) is 24.3 Å². The summed E-state index contributed by atoms with van der Waals surface area (Å²) < 4.78 is 0. The molecule has 0 aliphatic carbocycles. The third-order valence-electron chi connectivity index (χ3n) is 3.07.